The molecule has 25 heavy (non-hydrogen) atoms. The van der Waals surface area contributed by atoms with Gasteiger partial charge < -0.3 is 4.74 Å². The summed E-state index contributed by atoms with van der Waals surface area (Å²) in [6.07, 6.45) is 1.64. The van der Waals surface area contributed by atoms with Gasteiger partial charge >= 0.3 is 0 Å². The highest BCUT2D eigenvalue weighted by Crippen LogP contribution is 2.24. The van der Waals surface area contributed by atoms with E-state index in [-0.39, 0.29) is 12.5 Å². The Balaban J connectivity index is 1.58. The van der Waals surface area contributed by atoms with Crippen LogP contribution in [0, 0.1) is 13.8 Å². The first-order valence-corrected chi connectivity index (χ1v) is 8.13. The molecule has 0 bridgehead atoms. The predicted molar refractivity (Wildman–Crippen MR) is 101 cm³/mol. The van der Waals surface area contributed by atoms with Crippen LogP contribution in [0.15, 0.2) is 65.8 Å². The predicted octanol–water partition coefficient (Wildman–Crippen LogP) is 3.99. The molecule has 0 aliphatic heterocycles. The molecule has 0 aliphatic carbocycles. The lowest BCUT2D eigenvalue weighted by Gasteiger charge is -2.08. The number of hydrogen-bond donors (Lipinski definition) is 1. The van der Waals surface area contributed by atoms with E-state index in [1.165, 1.54) is 5.56 Å². The van der Waals surface area contributed by atoms with Crippen molar-refractivity contribution in [3.05, 3.63) is 77.4 Å². The lowest BCUT2D eigenvalue weighted by atomic mass is 10.1. The molecule has 4 nitrogen and oxygen atoms in total. The summed E-state index contributed by atoms with van der Waals surface area (Å²) in [7, 11) is 0. The van der Waals surface area contributed by atoms with Crippen LogP contribution >= 0.6 is 0 Å². The Morgan fingerprint density at radius 3 is 2.72 bits per heavy atom. The Kier molecular flexibility index (Phi) is 5.09. The van der Waals surface area contributed by atoms with Crippen molar-refractivity contribution in [2.45, 2.75) is 13.8 Å². The number of aryl methyl sites for hydroxylation is 2. The number of nitrogens with one attached hydrogen (secondary N) is 1. The van der Waals surface area contributed by atoms with Crippen LogP contribution in [0.4, 0.5) is 0 Å². The number of carbonyl (C=O) groups is 1. The minimum atomic E-state index is -0.297. The monoisotopic (exact) mass is 332 g/mol. The molecule has 0 aliphatic rings. The van der Waals surface area contributed by atoms with Crippen molar-refractivity contribution in [1.29, 1.82) is 0 Å². The first-order valence-electron chi connectivity index (χ1n) is 8.13. The Labute approximate surface area is 147 Å². The van der Waals surface area contributed by atoms with E-state index in [2.05, 4.69) is 16.6 Å². The molecule has 0 fully saturated rings. The largest absolute Gasteiger partial charge is 0.483 e. The average Bonchev–Trinajstić information content (AvgIpc) is 2.62. The summed E-state index contributed by atoms with van der Waals surface area (Å²) in [6, 6.07) is 19.7. The summed E-state index contributed by atoms with van der Waals surface area (Å²) >= 11 is 0. The molecule has 0 saturated carbocycles. The Morgan fingerprint density at radius 2 is 1.88 bits per heavy atom. The zero-order valence-corrected chi connectivity index (χ0v) is 14.3. The van der Waals surface area contributed by atoms with Crippen LogP contribution in [-0.2, 0) is 4.79 Å². The smallest absolute Gasteiger partial charge is 0.277 e. The summed E-state index contributed by atoms with van der Waals surface area (Å²) in [5.41, 5.74) is 5.78. The minimum absolute atomic E-state index is 0.0851. The van der Waals surface area contributed by atoms with Gasteiger partial charge in [-0.3, -0.25) is 4.79 Å². The highest BCUT2D eigenvalue weighted by Gasteiger charge is 2.05. The SMILES string of the molecule is Cc1ccc(C=NNC(=O)COc2cccc3ccccc23)c(C)c1. The second kappa shape index (κ2) is 7.62. The topological polar surface area (TPSA) is 50.7 Å². The van der Waals surface area contributed by atoms with Gasteiger partial charge in [0.1, 0.15) is 5.75 Å². The molecule has 3 rings (SSSR count). The first-order chi connectivity index (χ1) is 12.1. The summed E-state index contributed by atoms with van der Waals surface area (Å²) in [4.78, 5) is 11.9. The van der Waals surface area contributed by atoms with E-state index in [0.717, 1.165) is 21.9 Å². The van der Waals surface area contributed by atoms with Crippen molar-refractivity contribution in [3.8, 4) is 5.75 Å². The van der Waals surface area contributed by atoms with Gasteiger partial charge in [-0.05, 0) is 36.4 Å². The molecule has 0 unspecified atom stereocenters. The molecule has 1 amide bonds. The zero-order chi connectivity index (χ0) is 17.6. The van der Waals surface area contributed by atoms with Crippen molar-refractivity contribution >= 4 is 22.9 Å². The normalized spacial score (nSPS) is 11.0. The first kappa shape index (κ1) is 16.7. The third-order valence-corrected chi connectivity index (χ3v) is 3.93. The van der Waals surface area contributed by atoms with Crippen LogP contribution in [0.5, 0.6) is 5.75 Å². The van der Waals surface area contributed by atoms with Gasteiger partial charge in [0, 0.05) is 5.39 Å². The van der Waals surface area contributed by atoms with E-state index in [1.54, 1.807) is 6.21 Å². The number of nitrogens with zero attached hydrogens (tertiary/aromatic N) is 1. The maximum atomic E-state index is 11.9. The molecule has 3 aromatic carbocycles. The summed E-state index contributed by atoms with van der Waals surface area (Å²) < 4.78 is 5.64. The molecule has 4 heteroatoms. The van der Waals surface area contributed by atoms with E-state index in [4.69, 9.17) is 4.74 Å². The van der Waals surface area contributed by atoms with Crippen LogP contribution in [-0.4, -0.2) is 18.7 Å². The fourth-order valence-electron chi connectivity index (χ4n) is 2.64. The number of amides is 1. The van der Waals surface area contributed by atoms with E-state index in [0.29, 0.717) is 5.75 Å². The van der Waals surface area contributed by atoms with E-state index >= 15 is 0 Å². The molecule has 126 valence electrons. The van der Waals surface area contributed by atoms with Gasteiger partial charge in [-0.2, -0.15) is 5.10 Å². The Hall–Kier alpha value is -3.14. The average molecular weight is 332 g/mol. The molecular weight excluding hydrogens is 312 g/mol. The van der Waals surface area contributed by atoms with Crippen molar-refractivity contribution < 1.29 is 9.53 Å². The number of hydrogen-bond acceptors (Lipinski definition) is 3. The minimum Gasteiger partial charge on any atom is -0.483 e. The number of fused-ring (bicyclic) bond motifs is 1. The van der Waals surface area contributed by atoms with E-state index < -0.39 is 0 Å². The fourth-order valence-corrected chi connectivity index (χ4v) is 2.64. The van der Waals surface area contributed by atoms with Crippen molar-refractivity contribution in [2.24, 2.45) is 5.10 Å². The quantitative estimate of drug-likeness (QED) is 0.567. The van der Waals surface area contributed by atoms with Crippen LogP contribution in [0.2, 0.25) is 0 Å². The van der Waals surface area contributed by atoms with Gasteiger partial charge in [-0.15, -0.1) is 0 Å². The molecule has 0 saturated heterocycles. The van der Waals surface area contributed by atoms with E-state index in [9.17, 15) is 4.79 Å². The molecule has 1 N–H and O–H groups in total. The van der Waals surface area contributed by atoms with Crippen LogP contribution < -0.4 is 10.2 Å². The van der Waals surface area contributed by atoms with Gasteiger partial charge in [0.2, 0.25) is 0 Å². The molecular formula is C21H20N2O2. The van der Waals surface area contributed by atoms with Crippen LogP contribution in [0.3, 0.4) is 0 Å². The highest BCUT2D eigenvalue weighted by molar-refractivity contribution is 5.89. The number of hydrazone groups is 1. The maximum Gasteiger partial charge on any atom is 0.277 e. The standard InChI is InChI=1S/C21H20N2O2/c1-15-10-11-18(16(2)12-15)13-22-23-21(24)14-25-20-9-5-7-17-6-3-4-8-19(17)20/h3-13H,14H2,1-2H3,(H,23,24). The second-order valence-corrected chi connectivity index (χ2v) is 5.92. The Bertz CT molecular complexity index is 927. The van der Waals surface area contributed by atoms with E-state index in [1.807, 2.05) is 68.4 Å². The highest BCUT2D eigenvalue weighted by atomic mass is 16.5. The molecule has 0 atom stereocenters. The fraction of sp³-hybridized carbons (Fsp3) is 0.143. The van der Waals surface area contributed by atoms with Gasteiger partial charge in [0.15, 0.2) is 6.61 Å². The van der Waals surface area contributed by atoms with Crippen LogP contribution in [0.1, 0.15) is 16.7 Å². The maximum absolute atomic E-state index is 11.9. The van der Waals surface area contributed by atoms with Crippen molar-refractivity contribution in [2.75, 3.05) is 6.61 Å². The second-order valence-electron chi connectivity index (χ2n) is 5.92. The molecule has 3 aromatic rings. The molecule has 0 radical (unpaired) electrons. The third-order valence-electron chi connectivity index (χ3n) is 3.93. The van der Waals surface area contributed by atoms with Gasteiger partial charge in [0.25, 0.3) is 5.91 Å². The molecule has 0 spiro atoms. The van der Waals surface area contributed by atoms with Crippen molar-refractivity contribution in [1.82, 2.24) is 5.43 Å². The number of rotatable bonds is 5. The number of ether oxygens (including phenoxy) is 1. The molecule has 0 aromatic heterocycles. The third kappa shape index (κ3) is 4.23. The van der Waals surface area contributed by atoms with Gasteiger partial charge in [-0.1, -0.05) is 60.2 Å². The lowest BCUT2D eigenvalue weighted by molar-refractivity contribution is -0.123. The summed E-state index contributed by atoms with van der Waals surface area (Å²) in [5.74, 6) is 0.389. The summed E-state index contributed by atoms with van der Waals surface area (Å²) in [5, 5.41) is 6.06. The van der Waals surface area contributed by atoms with Gasteiger partial charge in [-0.25, -0.2) is 5.43 Å². The number of carbonyl (C=O) groups excluding carboxylic acids is 1. The lowest BCUT2D eigenvalue weighted by Crippen LogP contribution is -2.24. The Morgan fingerprint density at radius 1 is 1.08 bits per heavy atom. The summed E-state index contributed by atoms with van der Waals surface area (Å²) in [6.45, 7) is 3.97. The van der Waals surface area contributed by atoms with Crippen molar-refractivity contribution in [3.63, 3.8) is 0 Å². The number of benzene rings is 3. The van der Waals surface area contributed by atoms with Crippen LogP contribution in [0.25, 0.3) is 10.8 Å². The zero-order valence-electron chi connectivity index (χ0n) is 14.3. The molecule has 0 heterocycles. The van der Waals surface area contributed by atoms with Gasteiger partial charge in [0.05, 0.1) is 6.21 Å².